The van der Waals surface area contributed by atoms with Crippen molar-refractivity contribution in [1.29, 1.82) is 0 Å². The zero-order valence-electron chi connectivity index (χ0n) is 18.3. The van der Waals surface area contributed by atoms with Gasteiger partial charge in [0.2, 0.25) is 5.91 Å². The second-order valence-corrected chi connectivity index (χ2v) is 7.72. The topological polar surface area (TPSA) is 78.7 Å². The summed E-state index contributed by atoms with van der Waals surface area (Å²) < 4.78 is 6.13. The van der Waals surface area contributed by atoms with Gasteiger partial charge in [-0.2, -0.15) is 0 Å². The Kier molecular flexibility index (Phi) is 6.84. The average Bonchev–Trinajstić information content (AvgIpc) is 3.28. The van der Waals surface area contributed by atoms with Gasteiger partial charge in [-0.1, -0.05) is 60.7 Å². The lowest BCUT2D eigenvalue weighted by atomic mass is 10.1. The first-order chi connectivity index (χ1) is 15.7. The van der Waals surface area contributed by atoms with Gasteiger partial charge in [0.15, 0.2) is 11.7 Å². The maximum atomic E-state index is 12.7. The summed E-state index contributed by atoms with van der Waals surface area (Å²) in [5.74, 6) is 1.33. The van der Waals surface area contributed by atoms with Gasteiger partial charge < -0.3 is 19.5 Å². The molecule has 3 aromatic rings. The molecule has 0 atom stereocenters. The van der Waals surface area contributed by atoms with Gasteiger partial charge in [-0.25, -0.2) is 9.78 Å². The van der Waals surface area contributed by atoms with Crippen LogP contribution >= 0.6 is 0 Å². The molecule has 32 heavy (non-hydrogen) atoms. The van der Waals surface area contributed by atoms with Crippen LogP contribution in [-0.4, -0.2) is 59.4 Å². The van der Waals surface area contributed by atoms with E-state index < -0.39 is 0 Å². The minimum Gasteiger partial charge on any atom is -0.440 e. The Hall–Kier alpha value is -3.61. The first-order valence-electron chi connectivity index (χ1n) is 11.1. The van der Waals surface area contributed by atoms with Gasteiger partial charge in [-0.05, 0) is 6.92 Å². The molecule has 2 aromatic carbocycles. The Bertz CT molecular complexity index is 985. The molecular weight excluding hydrogens is 404 g/mol. The van der Waals surface area contributed by atoms with Gasteiger partial charge in [-0.3, -0.25) is 4.79 Å². The zero-order valence-corrected chi connectivity index (χ0v) is 18.3. The van der Waals surface area contributed by atoms with E-state index in [1.807, 2.05) is 72.5 Å². The van der Waals surface area contributed by atoms with Crippen molar-refractivity contribution in [3.8, 4) is 22.6 Å². The van der Waals surface area contributed by atoms with Crippen LogP contribution in [0.4, 0.5) is 4.79 Å². The van der Waals surface area contributed by atoms with Crippen LogP contribution in [0.2, 0.25) is 0 Å². The highest BCUT2D eigenvalue weighted by Crippen LogP contribution is 2.32. The molecule has 0 unspecified atom stereocenters. The third-order valence-electron chi connectivity index (χ3n) is 5.55. The number of benzene rings is 2. The SMILES string of the molecule is CCNC(=O)N1CCN(C(=O)CCc2nc(-c3ccccc3)c(-c3ccccc3)o2)CC1. The number of aryl methyl sites for hydroxylation is 1. The second-order valence-electron chi connectivity index (χ2n) is 7.72. The summed E-state index contributed by atoms with van der Waals surface area (Å²) in [4.78, 5) is 33.0. The molecule has 1 aliphatic rings. The highest BCUT2D eigenvalue weighted by atomic mass is 16.4. The van der Waals surface area contributed by atoms with E-state index in [-0.39, 0.29) is 11.9 Å². The Labute approximate surface area is 188 Å². The Balaban J connectivity index is 1.42. The number of carbonyl (C=O) groups excluding carboxylic acids is 2. The minimum absolute atomic E-state index is 0.0567. The lowest BCUT2D eigenvalue weighted by Gasteiger charge is -2.34. The zero-order chi connectivity index (χ0) is 22.3. The summed E-state index contributed by atoms with van der Waals surface area (Å²) in [5.41, 5.74) is 2.72. The van der Waals surface area contributed by atoms with Gasteiger partial charge in [-0.15, -0.1) is 0 Å². The molecule has 1 fully saturated rings. The predicted molar refractivity (Wildman–Crippen MR) is 123 cm³/mol. The van der Waals surface area contributed by atoms with Crippen LogP contribution in [0.3, 0.4) is 0 Å². The van der Waals surface area contributed by atoms with Crippen molar-refractivity contribution in [3.05, 3.63) is 66.6 Å². The van der Waals surface area contributed by atoms with Gasteiger partial charge in [0.05, 0.1) is 0 Å². The van der Waals surface area contributed by atoms with Crippen LogP contribution in [-0.2, 0) is 11.2 Å². The molecule has 0 saturated carbocycles. The number of piperazine rings is 1. The van der Waals surface area contributed by atoms with Gasteiger partial charge in [0.1, 0.15) is 5.69 Å². The smallest absolute Gasteiger partial charge is 0.317 e. The number of hydrogen-bond acceptors (Lipinski definition) is 4. The van der Waals surface area contributed by atoms with Crippen LogP contribution in [0, 0.1) is 0 Å². The summed E-state index contributed by atoms with van der Waals surface area (Å²) in [6.45, 7) is 4.69. The van der Waals surface area contributed by atoms with E-state index in [1.165, 1.54) is 0 Å². The molecular formula is C25H28N4O3. The number of oxazole rings is 1. The summed E-state index contributed by atoms with van der Waals surface area (Å²) in [5, 5.41) is 2.80. The number of urea groups is 1. The Morgan fingerprint density at radius 3 is 2.12 bits per heavy atom. The fraction of sp³-hybridized carbons (Fsp3) is 0.320. The van der Waals surface area contributed by atoms with Gasteiger partial charge >= 0.3 is 6.03 Å². The van der Waals surface area contributed by atoms with E-state index in [1.54, 1.807) is 4.90 Å². The molecule has 166 valence electrons. The molecule has 2 heterocycles. The molecule has 0 spiro atoms. The average molecular weight is 433 g/mol. The first kappa shape index (κ1) is 21.6. The number of carbonyl (C=O) groups is 2. The van der Waals surface area contributed by atoms with E-state index in [2.05, 4.69) is 5.32 Å². The summed E-state index contributed by atoms with van der Waals surface area (Å²) in [6, 6.07) is 19.8. The summed E-state index contributed by atoms with van der Waals surface area (Å²) in [6.07, 6.45) is 0.756. The maximum Gasteiger partial charge on any atom is 0.317 e. The van der Waals surface area contributed by atoms with Gasteiger partial charge in [0.25, 0.3) is 0 Å². The first-order valence-corrected chi connectivity index (χ1v) is 11.1. The lowest BCUT2D eigenvalue weighted by molar-refractivity contribution is -0.132. The van der Waals surface area contributed by atoms with Crippen molar-refractivity contribution in [1.82, 2.24) is 20.1 Å². The number of amides is 3. The monoisotopic (exact) mass is 432 g/mol. The standard InChI is InChI=1S/C25H28N4O3/c1-2-26-25(31)29-17-15-28(16-18-29)22(30)14-13-21-27-23(19-9-5-3-6-10-19)24(32-21)20-11-7-4-8-12-20/h3-12H,2,13-18H2,1H3,(H,26,31). The molecule has 0 aliphatic carbocycles. The number of rotatable bonds is 6. The second kappa shape index (κ2) is 10.1. The van der Waals surface area contributed by atoms with E-state index in [4.69, 9.17) is 9.40 Å². The number of aromatic nitrogens is 1. The van der Waals surface area contributed by atoms with Crippen LogP contribution in [0.1, 0.15) is 19.2 Å². The highest BCUT2D eigenvalue weighted by Gasteiger charge is 2.24. The molecule has 1 saturated heterocycles. The normalized spacial score (nSPS) is 13.8. The third kappa shape index (κ3) is 4.99. The van der Waals surface area contributed by atoms with Crippen molar-refractivity contribution in [2.45, 2.75) is 19.8 Å². The number of hydrogen-bond donors (Lipinski definition) is 1. The third-order valence-corrected chi connectivity index (χ3v) is 5.55. The molecule has 1 aromatic heterocycles. The molecule has 7 heteroatoms. The maximum absolute atomic E-state index is 12.7. The van der Waals surface area contributed by atoms with Crippen LogP contribution in [0.15, 0.2) is 65.1 Å². The van der Waals surface area contributed by atoms with Crippen LogP contribution in [0.25, 0.3) is 22.6 Å². The molecule has 0 radical (unpaired) electrons. The molecule has 1 aliphatic heterocycles. The fourth-order valence-electron chi connectivity index (χ4n) is 3.84. The largest absolute Gasteiger partial charge is 0.440 e. The number of nitrogens with one attached hydrogen (secondary N) is 1. The van der Waals surface area contributed by atoms with Crippen LogP contribution < -0.4 is 5.32 Å². The minimum atomic E-state index is -0.0683. The summed E-state index contributed by atoms with van der Waals surface area (Å²) in [7, 11) is 0. The molecule has 3 amide bonds. The van der Waals surface area contributed by atoms with Gasteiger partial charge in [0, 0.05) is 56.7 Å². The molecule has 7 nitrogen and oxygen atoms in total. The number of nitrogens with zero attached hydrogens (tertiary/aromatic N) is 3. The van der Waals surface area contributed by atoms with Crippen molar-refractivity contribution in [3.63, 3.8) is 0 Å². The molecule has 1 N–H and O–H groups in total. The molecule has 0 bridgehead atoms. The quantitative estimate of drug-likeness (QED) is 0.642. The van der Waals surface area contributed by atoms with Crippen LogP contribution in [0.5, 0.6) is 0 Å². The highest BCUT2D eigenvalue weighted by molar-refractivity contribution is 5.79. The van der Waals surface area contributed by atoms with E-state index in [9.17, 15) is 9.59 Å². The van der Waals surface area contributed by atoms with Crippen molar-refractivity contribution in [2.75, 3.05) is 32.7 Å². The van der Waals surface area contributed by atoms with Crippen molar-refractivity contribution < 1.29 is 14.0 Å². The Morgan fingerprint density at radius 2 is 1.50 bits per heavy atom. The van der Waals surface area contributed by atoms with E-state index in [0.29, 0.717) is 51.5 Å². The molecule has 4 rings (SSSR count). The van der Waals surface area contributed by atoms with E-state index in [0.717, 1.165) is 22.6 Å². The lowest BCUT2D eigenvalue weighted by Crippen LogP contribution is -2.53. The van der Waals surface area contributed by atoms with Crippen molar-refractivity contribution >= 4 is 11.9 Å². The predicted octanol–water partition coefficient (Wildman–Crippen LogP) is 3.81. The fourth-order valence-corrected chi connectivity index (χ4v) is 3.84. The summed E-state index contributed by atoms with van der Waals surface area (Å²) >= 11 is 0. The van der Waals surface area contributed by atoms with Crippen molar-refractivity contribution in [2.24, 2.45) is 0 Å². The van der Waals surface area contributed by atoms with E-state index >= 15 is 0 Å². The Morgan fingerprint density at radius 1 is 0.906 bits per heavy atom.